The Hall–Kier alpha value is -1.93. The predicted octanol–water partition coefficient (Wildman–Crippen LogP) is 2.24. The lowest BCUT2D eigenvalue weighted by Crippen LogP contribution is -2.28. The Morgan fingerprint density at radius 3 is 3.04 bits per heavy atom. The fourth-order valence-corrected chi connectivity index (χ4v) is 4.22. The first-order valence-corrected chi connectivity index (χ1v) is 8.56. The summed E-state index contributed by atoms with van der Waals surface area (Å²) in [5.41, 5.74) is 2.79. The van der Waals surface area contributed by atoms with Gasteiger partial charge in [-0.3, -0.25) is 4.68 Å². The fraction of sp³-hybridized carbons (Fsp3) is 0.400. The molecule has 0 saturated heterocycles. The number of methoxy groups -OCH3 is 1. The van der Waals surface area contributed by atoms with E-state index in [9.17, 15) is 4.79 Å². The second-order valence-electron chi connectivity index (χ2n) is 5.38. The molecule has 2 aromatic rings. The molecule has 0 saturated carbocycles. The van der Waals surface area contributed by atoms with E-state index in [1.54, 1.807) is 22.2 Å². The third-order valence-corrected chi connectivity index (χ3v) is 5.20. The Labute approximate surface area is 143 Å². The number of esters is 1. The van der Waals surface area contributed by atoms with Crippen LogP contribution < -0.4 is 10.6 Å². The molecule has 0 spiro atoms. The highest BCUT2D eigenvalue weighted by Crippen LogP contribution is 2.39. The molecule has 0 radical (unpaired) electrons. The number of hydrogen-bond donors (Lipinski definition) is 2. The summed E-state index contributed by atoms with van der Waals surface area (Å²) >= 11 is 6.93. The van der Waals surface area contributed by atoms with Crippen molar-refractivity contribution < 1.29 is 9.53 Å². The Morgan fingerprint density at radius 2 is 2.35 bits per heavy atom. The Balaban J connectivity index is 1.70. The van der Waals surface area contributed by atoms with Gasteiger partial charge in [-0.05, 0) is 37.0 Å². The maximum absolute atomic E-state index is 12.1. The van der Waals surface area contributed by atoms with Crippen LogP contribution in [0, 0.1) is 0 Å². The van der Waals surface area contributed by atoms with Gasteiger partial charge in [-0.1, -0.05) is 0 Å². The first-order chi connectivity index (χ1) is 11.1. The molecule has 2 aromatic heterocycles. The quantitative estimate of drug-likeness (QED) is 0.651. The maximum Gasteiger partial charge on any atom is 0.341 e. The normalized spacial score (nSPS) is 12.8. The van der Waals surface area contributed by atoms with Crippen LogP contribution in [0.5, 0.6) is 0 Å². The molecule has 0 unspecified atom stereocenters. The molecule has 23 heavy (non-hydrogen) atoms. The zero-order chi connectivity index (χ0) is 16.4. The highest BCUT2D eigenvalue weighted by Gasteiger charge is 2.27. The van der Waals surface area contributed by atoms with Gasteiger partial charge in [-0.15, -0.1) is 11.3 Å². The van der Waals surface area contributed by atoms with Crippen molar-refractivity contribution in [1.29, 1.82) is 0 Å². The number of aromatic nitrogens is 2. The maximum atomic E-state index is 12.1. The van der Waals surface area contributed by atoms with Crippen LogP contribution in [0.2, 0.25) is 0 Å². The number of fused-ring (bicyclic) bond motifs is 1. The second-order valence-corrected chi connectivity index (χ2v) is 6.90. The second kappa shape index (κ2) is 6.67. The Kier molecular flexibility index (Phi) is 4.63. The molecule has 0 amide bonds. The number of ether oxygens (including phenoxy) is 1. The number of hydrogen-bond acceptors (Lipinski definition) is 5. The van der Waals surface area contributed by atoms with Crippen molar-refractivity contribution in [2.24, 2.45) is 7.05 Å². The van der Waals surface area contributed by atoms with Crippen LogP contribution >= 0.6 is 23.6 Å². The van der Waals surface area contributed by atoms with Gasteiger partial charge in [0.1, 0.15) is 5.00 Å². The van der Waals surface area contributed by atoms with Gasteiger partial charge in [0, 0.05) is 30.2 Å². The van der Waals surface area contributed by atoms with Gasteiger partial charge in [0.2, 0.25) is 0 Å². The molecule has 3 rings (SSSR count). The molecule has 2 heterocycles. The zero-order valence-corrected chi connectivity index (χ0v) is 14.6. The lowest BCUT2D eigenvalue weighted by Gasteiger charge is -2.10. The van der Waals surface area contributed by atoms with Crippen LogP contribution in [0.4, 0.5) is 5.00 Å². The van der Waals surface area contributed by atoms with E-state index < -0.39 is 0 Å². The third kappa shape index (κ3) is 3.37. The summed E-state index contributed by atoms with van der Waals surface area (Å²) in [4.78, 5) is 13.3. The first kappa shape index (κ1) is 15.9. The van der Waals surface area contributed by atoms with Crippen molar-refractivity contribution in [2.45, 2.75) is 25.8 Å². The molecule has 2 N–H and O–H groups in total. The summed E-state index contributed by atoms with van der Waals surface area (Å²) in [7, 11) is 3.28. The van der Waals surface area contributed by atoms with Gasteiger partial charge in [-0.25, -0.2) is 4.79 Å². The topological polar surface area (TPSA) is 68.2 Å². The number of carbonyl (C=O) groups is 1. The molecular weight excluding hydrogens is 332 g/mol. The lowest BCUT2D eigenvalue weighted by molar-refractivity contribution is 0.0601. The summed E-state index contributed by atoms with van der Waals surface area (Å²) in [6, 6.07) is 0. The highest BCUT2D eigenvalue weighted by molar-refractivity contribution is 7.80. The number of anilines is 1. The van der Waals surface area contributed by atoms with Crippen LogP contribution in [0.15, 0.2) is 12.4 Å². The molecule has 122 valence electrons. The lowest BCUT2D eigenvalue weighted by atomic mass is 10.1. The van der Waals surface area contributed by atoms with E-state index in [1.165, 1.54) is 12.0 Å². The number of aryl methyl sites for hydroxylation is 2. The van der Waals surface area contributed by atoms with Crippen molar-refractivity contribution in [2.75, 3.05) is 12.4 Å². The minimum absolute atomic E-state index is 0.304. The molecule has 0 aliphatic heterocycles. The molecule has 1 aliphatic rings. The van der Waals surface area contributed by atoms with E-state index >= 15 is 0 Å². The molecule has 1 aliphatic carbocycles. The number of thiocarbonyl (C=S) groups is 1. The van der Waals surface area contributed by atoms with Crippen LogP contribution in [0.1, 0.15) is 32.8 Å². The molecule has 0 fully saturated rings. The third-order valence-electron chi connectivity index (χ3n) is 3.75. The van der Waals surface area contributed by atoms with E-state index in [0.29, 0.717) is 17.2 Å². The minimum atomic E-state index is -0.304. The number of nitrogens with zero attached hydrogens (tertiary/aromatic N) is 2. The first-order valence-electron chi connectivity index (χ1n) is 7.33. The van der Waals surface area contributed by atoms with Gasteiger partial charge in [0.15, 0.2) is 5.11 Å². The molecular formula is C15H18N4O2S2. The van der Waals surface area contributed by atoms with E-state index in [0.717, 1.165) is 35.4 Å². The van der Waals surface area contributed by atoms with E-state index in [1.807, 2.05) is 13.2 Å². The standard InChI is InChI=1S/C15H18N4O2S2/c1-19-8-9(7-17-19)6-16-15(22)18-13-12(14(20)21-2)10-4-3-5-11(10)23-13/h7-8H,3-6H2,1-2H3,(H2,16,18,22). The summed E-state index contributed by atoms with van der Waals surface area (Å²) in [5, 5.41) is 11.6. The Morgan fingerprint density at radius 1 is 1.52 bits per heavy atom. The van der Waals surface area contributed by atoms with Gasteiger partial charge >= 0.3 is 5.97 Å². The van der Waals surface area contributed by atoms with Crippen molar-refractivity contribution >= 4 is 39.6 Å². The van der Waals surface area contributed by atoms with E-state index in [4.69, 9.17) is 17.0 Å². The summed E-state index contributed by atoms with van der Waals surface area (Å²) in [5.74, 6) is -0.304. The van der Waals surface area contributed by atoms with E-state index in [2.05, 4.69) is 15.7 Å². The van der Waals surface area contributed by atoms with Gasteiger partial charge < -0.3 is 15.4 Å². The molecule has 6 nitrogen and oxygen atoms in total. The van der Waals surface area contributed by atoms with Crippen LogP contribution in [0.25, 0.3) is 0 Å². The molecule has 0 aromatic carbocycles. The van der Waals surface area contributed by atoms with Gasteiger partial charge in [-0.2, -0.15) is 5.10 Å². The van der Waals surface area contributed by atoms with E-state index in [-0.39, 0.29) is 5.97 Å². The van der Waals surface area contributed by atoms with Crippen LogP contribution in [-0.4, -0.2) is 28.0 Å². The average molecular weight is 350 g/mol. The predicted molar refractivity (Wildman–Crippen MR) is 94.0 cm³/mol. The van der Waals surface area contributed by atoms with Crippen molar-refractivity contribution in [3.63, 3.8) is 0 Å². The monoisotopic (exact) mass is 350 g/mol. The Bertz CT molecular complexity index is 751. The fourth-order valence-electron chi connectivity index (χ4n) is 2.70. The largest absolute Gasteiger partial charge is 0.465 e. The average Bonchev–Trinajstić information content (AvgIpc) is 3.20. The summed E-state index contributed by atoms with van der Waals surface area (Å²) < 4.78 is 6.67. The van der Waals surface area contributed by atoms with Crippen LogP contribution in [0.3, 0.4) is 0 Å². The zero-order valence-electron chi connectivity index (χ0n) is 13.0. The van der Waals surface area contributed by atoms with Gasteiger partial charge in [0.25, 0.3) is 0 Å². The summed E-state index contributed by atoms with van der Waals surface area (Å²) in [6.07, 6.45) is 6.74. The van der Waals surface area contributed by atoms with Crippen LogP contribution in [-0.2, 0) is 31.2 Å². The number of thiophene rings is 1. The highest BCUT2D eigenvalue weighted by atomic mass is 32.1. The number of carbonyl (C=O) groups excluding carboxylic acids is 1. The summed E-state index contributed by atoms with van der Waals surface area (Å²) in [6.45, 7) is 0.582. The van der Waals surface area contributed by atoms with Gasteiger partial charge in [0.05, 0.1) is 18.9 Å². The number of nitrogens with one attached hydrogen (secondary N) is 2. The molecule has 8 heteroatoms. The molecule has 0 atom stereocenters. The minimum Gasteiger partial charge on any atom is -0.465 e. The van der Waals surface area contributed by atoms with Crippen molar-refractivity contribution in [3.8, 4) is 0 Å². The van der Waals surface area contributed by atoms with Crippen molar-refractivity contribution in [3.05, 3.63) is 34.0 Å². The van der Waals surface area contributed by atoms with Crippen molar-refractivity contribution in [1.82, 2.24) is 15.1 Å². The molecule has 0 bridgehead atoms. The number of rotatable bonds is 4. The smallest absolute Gasteiger partial charge is 0.341 e. The SMILES string of the molecule is COC(=O)c1c(NC(=S)NCc2cnn(C)c2)sc2c1CCC2.